The molecule has 8 nitrogen and oxygen atoms in total. The van der Waals surface area contributed by atoms with E-state index >= 15 is 0 Å². The molecule has 1 fully saturated rings. The predicted octanol–water partition coefficient (Wildman–Crippen LogP) is 3.86. The van der Waals surface area contributed by atoms with Crippen molar-refractivity contribution in [1.82, 2.24) is 20.9 Å². The lowest BCUT2D eigenvalue weighted by molar-refractivity contribution is -0.122. The Labute approximate surface area is 213 Å². The van der Waals surface area contributed by atoms with E-state index in [4.69, 9.17) is 9.47 Å². The fourth-order valence-corrected chi connectivity index (χ4v) is 2.97. The number of ether oxygens (including phenoxy) is 2. The number of para-hydroxylation sites is 2. The second-order valence-corrected chi connectivity index (χ2v) is 7.55. The first kappa shape index (κ1) is 26.7. The number of aliphatic imine (C=N–C) groups is 1. The molecule has 1 aromatic carbocycles. The smallest absolute Gasteiger partial charge is 0.224 e. The summed E-state index contributed by atoms with van der Waals surface area (Å²) in [4.78, 5) is 20.8. The van der Waals surface area contributed by atoms with Crippen molar-refractivity contribution in [2.24, 2.45) is 10.9 Å². The average molecular weight is 567 g/mol. The number of nitrogens with zero attached hydrogens (tertiary/aromatic N) is 2. The molecule has 33 heavy (non-hydrogen) atoms. The van der Waals surface area contributed by atoms with Crippen LogP contribution < -0.4 is 25.4 Å². The normalized spacial score (nSPS) is 13.0. The van der Waals surface area contributed by atoms with Crippen LogP contribution in [0.3, 0.4) is 0 Å². The molecule has 9 heteroatoms. The Hall–Kier alpha value is -2.56. The number of pyridine rings is 1. The van der Waals surface area contributed by atoms with Gasteiger partial charge >= 0.3 is 0 Å². The SMILES string of the molecule is CCCOc1ccccc1Oc1ncccc1CN=C(NCC)NCCNC(=O)C1CC1.I. The molecule has 0 aliphatic heterocycles. The summed E-state index contributed by atoms with van der Waals surface area (Å²) in [5, 5.41) is 9.42. The van der Waals surface area contributed by atoms with Crippen molar-refractivity contribution in [3.8, 4) is 17.4 Å². The summed E-state index contributed by atoms with van der Waals surface area (Å²) in [5.74, 6) is 2.86. The van der Waals surface area contributed by atoms with E-state index in [1.807, 2.05) is 43.3 Å². The topological polar surface area (TPSA) is 96.9 Å². The number of carbonyl (C=O) groups is 1. The molecule has 0 unspecified atom stereocenters. The highest BCUT2D eigenvalue weighted by atomic mass is 127. The number of aromatic nitrogens is 1. The highest BCUT2D eigenvalue weighted by Crippen LogP contribution is 2.32. The molecular formula is C24H34IN5O3. The first-order valence-corrected chi connectivity index (χ1v) is 11.3. The van der Waals surface area contributed by atoms with Crippen LogP contribution in [0.15, 0.2) is 47.6 Å². The minimum atomic E-state index is 0. The molecule has 3 rings (SSSR count). The first-order valence-electron chi connectivity index (χ1n) is 11.3. The molecule has 0 radical (unpaired) electrons. The summed E-state index contributed by atoms with van der Waals surface area (Å²) >= 11 is 0. The third kappa shape index (κ3) is 9.07. The van der Waals surface area contributed by atoms with Crippen molar-refractivity contribution in [1.29, 1.82) is 0 Å². The van der Waals surface area contributed by atoms with E-state index in [1.165, 1.54) is 0 Å². The Morgan fingerprint density at radius 3 is 2.55 bits per heavy atom. The van der Waals surface area contributed by atoms with Gasteiger partial charge in [-0.25, -0.2) is 9.98 Å². The fourth-order valence-electron chi connectivity index (χ4n) is 2.97. The van der Waals surface area contributed by atoms with Gasteiger partial charge in [-0.3, -0.25) is 4.79 Å². The zero-order valence-corrected chi connectivity index (χ0v) is 21.6. The molecule has 2 aromatic rings. The summed E-state index contributed by atoms with van der Waals surface area (Å²) in [7, 11) is 0. The van der Waals surface area contributed by atoms with Gasteiger partial charge in [-0.15, -0.1) is 24.0 Å². The van der Waals surface area contributed by atoms with E-state index in [1.54, 1.807) is 6.20 Å². The molecule has 1 amide bonds. The molecule has 0 spiro atoms. The second kappa shape index (κ2) is 14.6. The van der Waals surface area contributed by atoms with Crippen molar-refractivity contribution >= 4 is 35.8 Å². The maximum Gasteiger partial charge on any atom is 0.224 e. The van der Waals surface area contributed by atoms with E-state index in [0.29, 0.717) is 49.6 Å². The number of amides is 1. The highest BCUT2D eigenvalue weighted by Gasteiger charge is 2.28. The number of guanidine groups is 1. The maximum absolute atomic E-state index is 11.7. The number of halogens is 1. The van der Waals surface area contributed by atoms with Crippen molar-refractivity contribution in [3.63, 3.8) is 0 Å². The van der Waals surface area contributed by atoms with Crippen LogP contribution in [-0.2, 0) is 11.3 Å². The van der Waals surface area contributed by atoms with E-state index < -0.39 is 0 Å². The molecular weight excluding hydrogens is 533 g/mol. The Bertz CT molecular complexity index is 905. The molecule has 1 aromatic heterocycles. The lowest BCUT2D eigenvalue weighted by Gasteiger charge is -2.14. The van der Waals surface area contributed by atoms with Crippen LogP contribution in [-0.4, -0.2) is 43.1 Å². The molecule has 0 bridgehead atoms. The summed E-state index contributed by atoms with van der Waals surface area (Å²) in [6.45, 7) is 6.99. The Balaban J connectivity index is 0.00000385. The zero-order chi connectivity index (χ0) is 22.6. The van der Waals surface area contributed by atoms with Gasteiger partial charge in [0.1, 0.15) is 0 Å². The Morgan fingerprint density at radius 2 is 1.82 bits per heavy atom. The minimum absolute atomic E-state index is 0. The number of hydrogen-bond acceptors (Lipinski definition) is 5. The number of nitrogens with one attached hydrogen (secondary N) is 3. The second-order valence-electron chi connectivity index (χ2n) is 7.55. The van der Waals surface area contributed by atoms with Gasteiger partial charge < -0.3 is 25.4 Å². The van der Waals surface area contributed by atoms with Gasteiger partial charge in [0.05, 0.1) is 13.2 Å². The lowest BCUT2D eigenvalue weighted by atomic mass is 10.2. The van der Waals surface area contributed by atoms with Crippen LogP contribution in [0.2, 0.25) is 0 Å². The number of carbonyl (C=O) groups excluding carboxylic acids is 1. The van der Waals surface area contributed by atoms with Gasteiger partial charge in [-0.05, 0) is 44.4 Å². The van der Waals surface area contributed by atoms with Crippen LogP contribution in [0.25, 0.3) is 0 Å². The Kier molecular flexibility index (Phi) is 11.8. The van der Waals surface area contributed by atoms with Crippen LogP contribution >= 0.6 is 24.0 Å². The Morgan fingerprint density at radius 1 is 1.06 bits per heavy atom. The molecule has 1 saturated carbocycles. The summed E-state index contributed by atoms with van der Waals surface area (Å²) < 4.78 is 11.9. The summed E-state index contributed by atoms with van der Waals surface area (Å²) in [6.07, 6.45) is 4.63. The number of hydrogen-bond donors (Lipinski definition) is 3. The monoisotopic (exact) mass is 567 g/mol. The summed E-state index contributed by atoms with van der Waals surface area (Å²) in [6, 6.07) is 11.4. The molecule has 0 saturated heterocycles. The minimum Gasteiger partial charge on any atom is -0.490 e. The van der Waals surface area contributed by atoms with Gasteiger partial charge in [0.15, 0.2) is 17.5 Å². The standard InChI is InChI=1S/C24H33N5O3.HI/c1-3-16-31-20-9-5-6-10-21(20)32-23-19(8-7-13-27-23)17-29-24(25-4-2)28-15-14-26-22(30)18-11-12-18;/h5-10,13,18H,3-4,11-12,14-17H2,1-2H3,(H,26,30)(H2,25,28,29);1H. The van der Waals surface area contributed by atoms with E-state index in [2.05, 4.69) is 32.9 Å². The molecule has 1 aliphatic carbocycles. The van der Waals surface area contributed by atoms with Crippen molar-refractivity contribution in [2.75, 3.05) is 26.2 Å². The summed E-state index contributed by atoms with van der Waals surface area (Å²) in [5.41, 5.74) is 0.858. The third-order valence-electron chi connectivity index (χ3n) is 4.78. The van der Waals surface area contributed by atoms with Crippen molar-refractivity contribution in [2.45, 2.75) is 39.7 Å². The van der Waals surface area contributed by atoms with Gasteiger partial charge in [0.25, 0.3) is 0 Å². The third-order valence-corrected chi connectivity index (χ3v) is 4.78. The van der Waals surface area contributed by atoms with Gasteiger partial charge in [-0.2, -0.15) is 0 Å². The number of benzene rings is 1. The lowest BCUT2D eigenvalue weighted by Crippen LogP contribution is -2.41. The van der Waals surface area contributed by atoms with Crippen molar-refractivity contribution < 1.29 is 14.3 Å². The molecule has 1 heterocycles. The average Bonchev–Trinajstić information content (AvgIpc) is 3.66. The van der Waals surface area contributed by atoms with Crippen LogP contribution in [0, 0.1) is 5.92 Å². The molecule has 1 aliphatic rings. The predicted molar refractivity (Wildman–Crippen MR) is 141 cm³/mol. The fraction of sp³-hybridized carbons (Fsp3) is 0.458. The van der Waals surface area contributed by atoms with Crippen LogP contribution in [0.5, 0.6) is 17.4 Å². The first-order chi connectivity index (χ1) is 15.7. The van der Waals surface area contributed by atoms with E-state index in [-0.39, 0.29) is 35.8 Å². The van der Waals surface area contributed by atoms with Crippen molar-refractivity contribution in [3.05, 3.63) is 48.2 Å². The molecule has 0 atom stereocenters. The van der Waals surface area contributed by atoms with E-state index in [9.17, 15) is 4.79 Å². The molecule has 3 N–H and O–H groups in total. The maximum atomic E-state index is 11.7. The van der Waals surface area contributed by atoms with Gasteiger partial charge in [-0.1, -0.05) is 25.1 Å². The largest absolute Gasteiger partial charge is 0.490 e. The highest BCUT2D eigenvalue weighted by molar-refractivity contribution is 14.0. The van der Waals surface area contributed by atoms with Gasteiger partial charge in [0.2, 0.25) is 11.8 Å². The molecule has 180 valence electrons. The quantitative estimate of drug-likeness (QED) is 0.156. The zero-order valence-electron chi connectivity index (χ0n) is 19.3. The van der Waals surface area contributed by atoms with E-state index in [0.717, 1.165) is 31.4 Å². The van der Waals surface area contributed by atoms with Gasteiger partial charge in [0, 0.05) is 37.3 Å². The number of rotatable bonds is 12. The van der Waals surface area contributed by atoms with Crippen LogP contribution in [0.1, 0.15) is 38.7 Å². The van der Waals surface area contributed by atoms with Crippen LogP contribution in [0.4, 0.5) is 0 Å².